The van der Waals surface area contributed by atoms with Gasteiger partial charge in [0.05, 0.1) is 17.2 Å². The van der Waals surface area contributed by atoms with E-state index < -0.39 is 24.1 Å². The largest absolute Gasteiger partial charge is 0.410 e. The van der Waals surface area contributed by atoms with Crippen molar-refractivity contribution in [2.75, 3.05) is 24.6 Å². The summed E-state index contributed by atoms with van der Waals surface area (Å²) in [6, 6.07) is -0.346. The van der Waals surface area contributed by atoms with Crippen LogP contribution in [0.5, 0.6) is 0 Å². The summed E-state index contributed by atoms with van der Waals surface area (Å²) in [5.74, 6) is 0.510. The van der Waals surface area contributed by atoms with Gasteiger partial charge in [0.15, 0.2) is 0 Å². The standard InChI is InChI=1S/C18H20F4N4OS/c19-10-5-12(15-14(6-10)28-24-17(23-15)9-1-2-9)26-11-7-13(16(26)18(20,21)22)25(8-11)3-4-27/h5-6,9,11,13,16,27H,1-4,7-8H2,(H,23,24)/t11-,13-,16-/m0/s1. The maximum absolute atomic E-state index is 14.3. The van der Waals surface area contributed by atoms with E-state index in [0.29, 0.717) is 29.5 Å². The Morgan fingerprint density at radius 3 is 2.75 bits per heavy atom. The van der Waals surface area contributed by atoms with E-state index in [9.17, 15) is 22.7 Å². The molecule has 3 fully saturated rings. The Hall–Kier alpha value is -1.52. The highest BCUT2D eigenvalue weighted by Gasteiger charge is 2.61. The number of piperazine rings is 1. The molecule has 4 aliphatic rings. The van der Waals surface area contributed by atoms with Crippen LogP contribution in [0.3, 0.4) is 0 Å². The Morgan fingerprint density at radius 1 is 1.29 bits per heavy atom. The van der Waals surface area contributed by atoms with Gasteiger partial charge >= 0.3 is 6.18 Å². The molecule has 1 aromatic rings. The second-order valence-electron chi connectivity index (χ2n) is 7.82. The number of fused-ring (bicyclic) bond motifs is 3. The summed E-state index contributed by atoms with van der Waals surface area (Å²) in [5.41, 5.74) is 0.656. The van der Waals surface area contributed by atoms with Crippen molar-refractivity contribution in [1.29, 1.82) is 0 Å². The van der Waals surface area contributed by atoms with E-state index in [2.05, 4.69) is 9.71 Å². The van der Waals surface area contributed by atoms with E-state index in [0.717, 1.165) is 18.7 Å². The zero-order valence-electron chi connectivity index (χ0n) is 14.9. The smallest absolute Gasteiger partial charge is 0.395 e. The molecule has 28 heavy (non-hydrogen) atoms. The minimum absolute atomic E-state index is 0.180. The lowest BCUT2D eigenvalue weighted by molar-refractivity contribution is -0.160. The summed E-state index contributed by atoms with van der Waals surface area (Å²) in [5, 5.41) is 9.19. The maximum atomic E-state index is 14.3. The summed E-state index contributed by atoms with van der Waals surface area (Å²) in [7, 11) is 0. The van der Waals surface area contributed by atoms with Crippen molar-refractivity contribution < 1.29 is 22.7 Å². The first-order valence-corrected chi connectivity index (χ1v) is 10.2. The number of amidine groups is 1. The number of benzene rings is 1. The van der Waals surface area contributed by atoms with Gasteiger partial charge in [-0.2, -0.15) is 13.2 Å². The summed E-state index contributed by atoms with van der Waals surface area (Å²) in [4.78, 5) is 8.14. The Bertz CT molecular complexity index is 829. The van der Waals surface area contributed by atoms with E-state index >= 15 is 0 Å². The van der Waals surface area contributed by atoms with Crippen LogP contribution < -0.4 is 9.62 Å². The first kappa shape index (κ1) is 18.5. The lowest BCUT2D eigenvalue weighted by atomic mass is 10.1. The van der Waals surface area contributed by atoms with Gasteiger partial charge in [0.2, 0.25) is 0 Å². The molecular formula is C18H20F4N4OS. The van der Waals surface area contributed by atoms with E-state index in [1.807, 2.05) is 0 Å². The molecule has 1 aliphatic carbocycles. The van der Waals surface area contributed by atoms with Crippen LogP contribution in [0, 0.1) is 11.7 Å². The number of aliphatic hydroxyl groups is 1. The SMILES string of the molecule is OCCN1C[C@@H]2C[C@H]1[C@@H](C(F)(F)F)N2c1cc(F)cc2c1N=C(C1CC1)NS2. The van der Waals surface area contributed by atoms with Crippen LogP contribution in [0.25, 0.3) is 0 Å². The van der Waals surface area contributed by atoms with Crippen molar-refractivity contribution in [3.8, 4) is 0 Å². The number of anilines is 1. The fourth-order valence-corrected chi connectivity index (χ4v) is 5.53. The third-order valence-electron chi connectivity index (χ3n) is 5.97. The highest BCUT2D eigenvalue weighted by atomic mass is 32.2. The Labute approximate surface area is 163 Å². The van der Waals surface area contributed by atoms with Crippen molar-refractivity contribution >= 4 is 29.2 Å². The van der Waals surface area contributed by atoms with Crippen molar-refractivity contribution in [3.05, 3.63) is 17.9 Å². The Balaban J connectivity index is 1.59. The van der Waals surface area contributed by atoms with E-state index in [4.69, 9.17) is 0 Å². The van der Waals surface area contributed by atoms with Gasteiger partial charge in [0.1, 0.15) is 23.4 Å². The first-order chi connectivity index (χ1) is 13.4. The molecule has 0 radical (unpaired) electrons. The highest BCUT2D eigenvalue weighted by Crippen LogP contribution is 2.51. The quantitative estimate of drug-likeness (QED) is 0.584. The van der Waals surface area contributed by atoms with E-state index in [1.165, 1.54) is 29.0 Å². The highest BCUT2D eigenvalue weighted by molar-refractivity contribution is 7.98. The molecule has 3 heterocycles. The number of halogens is 4. The molecular weight excluding hydrogens is 396 g/mol. The van der Waals surface area contributed by atoms with E-state index in [-0.39, 0.29) is 24.9 Å². The van der Waals surface area contributed by atoms with Crippen LogP contribution in [-0.2, 0) is 0 Å². The van der Waals surface area contributed by atoms with Gasteiger partial charge < -0.3 is 14.7 Å². The average molecular weight is 416 g/mol. The average Bonchev–Trinajstić information content (AvgIpc) is 3.31. The van der Waals surface area contributed by atoms with Crippen LogP contribution in [0.4, 0.5) is 28.9 Å². The van der Waals surface area contributed by atoms with Crippen molar-refractivity contribution in [2.24, 2.45) is 10.9 Å². The normalized spacial score (nSPS) is 29.7. The number of aliphatic hydroxyl groups excluding tert-OH is 1. The minimum Gasteiger partial charge on any atom is -0.395 e. The van der Waals surface area contributed by atoms with Crippen LogP contribution in [0.15, 0.2) is 22.0 Å². The number of alkyl halides is 3. The number of hydrogen-bond donors (Lipinski definition) is 2. The summed E-state index contributed by atoms with van der Waals surface area (Å²) in [6.45, 7) is 0.459. The summed E-state index contributed by atoms with van der Waals surface area (Å²) in [6.07, 6.45) is -2.10. The molecule has 2 saturated heterocycles. The number of rotatable bonds is 4. The maximum Gasteiger partial charge on any atom is 0.410 e. The third-order valence-corrected chi connectivity index (χ3v) is 6.81. The first-order valence-electron chi connectivity index (χ1n) is 9.41. The third kappa shape index (κ3) is 2.96. The molecule has 3 atom stereocenters. The zero-order chi connectivity index (χ0) is 19.6. The Kier molecular flexibility index (Phi) is 4.29. The fourth-order valence-electron chi connectivity index (χ4n) is 4.69. The fraction of sp³-hybridized carbons (Fsp3) is 0.611. The number of likely N-dealkylation sites (tertiary alicyclic amines) is 1. The molecule has 0 amide bonds. The van der Waals surface area contributed by atoms with Gasteiger partial charge in [-0.3, -0.25) is 4.90 Å². The molecule has 1 aromatic carbocycles. The molecule has 0 spiro atoms. The second kappa shape index (κ2) is 6.50. The van der Waals surface area contributed by atoms with Gasteiger partial charge in [0, 0.05) is 31.1 Å². The second-order valence-corrected chi connectivity index (χ2v) is 8.66. The summed E-state index contributed by atoms with van der Waals surface area (Å²) < 4.78 is 59.5. The molecule has 0 aromatic heterocycles. The number of hydrogen-bond acceptors (Lipinski definition) is 6. The zero-order valence-corrected chi connectivity index (χ0v) is 15.7. The molecule has 2 bridgehead atoms. The van der Waals surface area contributed by atoms with Crippen molar-refractivity contribution in [1.82, 2.24) is 9.62 Å². The minimum atomic E-state index is -4.46. The van der Waals surface area contributed by atoms with Crippen molar-refractivity contribution in [3.63, 3.8) is 0 Å². The van der Waals surface area contributed by atoms with Crippen LogP contribution in [0.1, 0.15) is 19.3 Å². The lowest BCUT2D eigenvalue weighted by Crippen LogP contribution is -2.59. The monoisotopic (exact) mass is 416 g/mol. The lowest BCUT2D eigenvalue weighted by Gasteiger charge is -2.43. The molecule has 0 unspecified atom stereocenters. The van der Waals surface area contributed by atoms with Gasteiger partial charge in [-0.1, -0.05) is 0 Å². The van der Waals surface area contributed by atoms with Crippen LogP contribution in [-0.4, -0.2) is 59.8 Å². The van der Waals surface area contributed by atoms with Crippen molar-refractivity contribution in [2.45, 2.75) is 48.5 Å². The molecule has 5 rings (SSSR count). The van der Waals surface area contributed by atoms with E-state index in [1.54, 1.807) is 4.90 Å². The Morgan fingerprint density at radius 2 is 2.07 bits per heavy atom. The predicted molar refractivity (Wildman–Crippen MR) is 98.4 cm³/mol. The number of nitrogens with zero attached hydrogens (tertiary/aromatic N) is 3. The summed E-state index contributed by atoms with van der Waals surface area (Å²) >= 11 is 1.22. The number of aliphatic imine (C=N–C) groups is 1. The van der Waals surface area contributed by atoms with Gasteiger partial charge in [-0.15, -0.1) is 0 Å². The molecule has 3 aliphatic heterocycles. The number of β-amino-alcohol motifs (C(OH)–C–C–N with tert-alkyl or cyclic N) is 1. The van der Waals surface area contributed by atoms with Gasteiger partial charge in [-0.25, -0.2) is 9.38 Å². The molecule has 2 N–H and O–H groups in total. The van der Waals surface area contributed by atoms with Gasteiger partial charge in [-0.05, 0) is 43.3 Å². The molecule has 10 heteroatoms. The van der Waals surface area contributed by atoms with Crippen LogP contribution >= 0.6 is 11.9 Å². The predicted octanol–water partition coefficient (Wildman–Crippen LogP) is 3.06. The number of nitrogens with one attached hydrogen (secondary N) is 1. The molecule has 1 saturated carbocycles. The van der Waals surface area contributed by atoms with Gasteiger partial charge in [0.25, 0.3) is 0 Å². The van der Waals surface area contributed by atoms with Crippen LogP contribution in [0.2, 0.25) is 0 Å². The topological polar surface area (TPSA) is 51.1 Å². The molecule has 152 valence electrons. The molecule has 5 nitrogen and oxygen atoms in total.